The summed E-state index contributed by atoms with van der Waals surface area (Å²) in [6.07, 6.45) is 23.7. The van der Waals surface area contributed by atoms with Gasteiger partial charge in [-0.1, -0.05) is 186 Å². The minimum atomic E-state index is -3.70. The first-order valence-corrected chi connectivity index (χ1v) is 49.9. The predicted molar refractivity (Wildman–Crippen MR) is 483 cm³/mol. The molecule has 12 aliphatic carbocycles. The largest absolute Gasteiger partial charge is 0.508 e. The highest BCUT2D eigenvalue weighted by Crippen LogP contribution is 2.73. The molecule has 0 bridgehead atoms. The lowest BCUT2D eigenvalue weighted by atomic mass is 9.46. The highest BCUT2D eigenvalue weighted by atomic mass is 32.2. The highest BCUT2D eigenvalue weighted by molar-refractivity contribution is 8.00. The number of Topliss-reactive ketones (excluding diaryl/α,β-unsaturated/α-hetero) is 3. The number of benzene rings is 4. The number of aliphatic hydroxyl groups is 5. The Bertz CT molecular complexity index is 5880. The van der Waals surface area contributed by atoms with Crippen LogP contribution in [0.4, 0.5) is 0 Å². The van der Waals surface area contributed by atoms with E-state index in [-0.39, 0.29) is 138 Å². The fourth-order valence-corrected chi connectivity index (χ4v) is 31.2. The molecule has 23 atom stereocenters. The number of morpholine rings is 1. The molecule has 9 saturated carbocycles. The first kappa shape index (κ1) is 89.2. The number of allylic oxidation sites excluding steroid dienone is 12. The number of phenolic OH excluding ortho intramolecular Hbond substituents is 1. The molecule has 14 aliphatic rings. The second-order valence-electron chi connectivity index (χ2n) is 39.8. The molecule has 15 unspecified atom stereocenters. The van der Waals surface area contributed by atoms with Gasteiger partial charge in [0.25, 0.3) is 10.4 Å². The fourth-order valence-electron chi connectivity index (χ4n) is 27.3. The molecule has 676 valence electrons. The number of hydrogen-bond donors (Lipinski definition) is 7. The van der Waals surface area contributed by atoms with Crippen molar-refractivity contribution >= 4 is 102 Å². The number of imidazole rings is 1. The van der Waals surface area contributed by atoms with Gasteiger partial charge in [0.1, 0.15) is 28.2 Å². The van der Waals surface area contributed by atoms with Gasteiger partial charge in [0.05, 0.1) is 70.8 Å². The summed E-state index contributed by atoms with van der Waals surface area (Å²) in [4.78, 5) is 95.6. The van der Waals surface area contributed by atoms with E-state index in [1.54, 1.807) is 60.7 Å². The number of hydrogen-bond acceptors (Lipinski definition) is 25. The van der Waals surface area contributed by atoms with Crippen molar-refractivity contribution in [3.63, 3.8) is 0 Å². The number of ketones is 6. The maximum absolute atomic E-state index is 14.8. The summed E-state index contributed by atoms with van der Waals surface area (Å²) in [6, 6.07) is 29.3. The van der Waals surface area contributed by atoms with Crippen LogP contribution in [0.15, 0.2) is 198 Å². The number of rotatable bonds is 18. The Kier molecular flexibility index (Phi) is 23.2. The monoisotopic (exact) mass is 1820 g/mol. The molecule has 3 aromatic heterocycles. The molecule has 2 saturated heterocycles. The summed E-state index contributed by atoms with van der Waals surface area (Å²) in [5, 5.41) is 70.0. The minimum absolute atomic E-state index is 0.00987. The molecule has 11 fully saturated rings. The van der Waals surface area contributed by atoms with E-state index in [0.717, 1.165) is 96.7 Å². The van der Waals surface area contributed by atoms with Crippen molar-refractivity contribution in [1.29, 1.82) is 0 Å². The number of carbonyl (C=O) groups is 6. The van der Waals surface area contributed by atoms with Crippen LogP contribution in [0.25, 0.3) is 44.7 Å². The fraction of sp³-hybridized carbons (Fsp3) is 0.530. The minimum Gasteiger partial charge on any atom is -0.508 e. The van der Waals surface area contributed by atoms with Crippen molar-refractivity contribution in [2.45, 2.75) is 219 Å². The number of aromatic hydroxyl groups is 1. The number of fused-ring (bicyclic) bond motifs is 19. The van der Waals surface area contributed by atoms with E-state index in [1.807, 2.05) is 92.7 Å². The third-order valence-electron chi connectivity index (χ3n) is 33.5. The van der Waals surface area contributed by atoms with Gasteiger partial charge in [0, 0.05) is 80.5 Å². The number of aromatic nitrogens is 4. The lowest BCUT2D eigenvalue weighted by Gasteiger charge is -2.59. The quantitative estimate of drug-likeness (QED) is 0.0392. The predicted octanol–water partition coefficient (Wildman–Crippen LogP) is 15.3. The molecule has 0 radical (unpaired) electrons. The summed E-state index contributed by atoms with van der Waals surface area (Å²) in [5.74, 6) is 1.04. The SMILES string of the molecule is CC12C=CC(=O)C=C1CCC1C2[C@@H](O)CC2(C)C1CC[C@]2(O)C(=O)CSc1nc2cc(S(=O)(=O)N3CCOCC3)ccc2o1.CC12C=CC(=O)C=C1CCC1C2[C@@H](O)CC2(C)C1CC[C@]2(O)C(=O)CSc1nc2ccc(O)cc2[nH]1.CCC[C@H]1O[C@@H]2CC3C4CCC5=CC(=O)C=CC5(C)C4[C@@H](O)CC3(C)[C@]2(C(=O)CSc2nc(-c3ccccc3)c(-c3ccccc3)o2)O1. The van der Waals surface area contributed by atoms with Crippen molar-refractivity contribution in [2.24, 2.45) is 85.8 Å². The normalized spacial score (nSPS) is 37.7. The van der Waals surface area contributed by atoms with Crippen molar-refractivity contribution in [2.75, 3.05) is 43.6 Å². The molecule has 4 aromatic carbocycles. The zero-order chi connectivity index (χ0) is 89.8. The number of oxazole rings is 2. The van der Waals surface area contributed by atoms with Crippen LogP contribution in [0.5, 0.6) is 5.75 Å². The summed E-state index contributed by atoms with van der Waals surface area (Å²) >= 11 is 3.64. The maximum Gasteiger partial charge on any atom is 0.257 e. The smallest absolute Gasteiger partial charge is 0.257 e. The second-order valence-corrected chi connectivity index (χ2v) is 44.5. The van der Waals surface area contributed by atoms with Crippen LogP contribution in [0.1, 0.15) is 151 Å². The van der Waals surface area contributed by atoms with E-state index in [4.69, 9.17) is 28.0 Å². The van der Waals surface area contributed by atoms with Crippen molar-refractivity contribution in [1.82, 2.24) is 24.2 Å². The lowest BCUT2D eigenvalue weighted by Crippen LogP contribution is -2.63. The molecule has 28 heteroatoms. The topological polar surface area (TPSA) is 370 Å². The van der Waals surface area contributed by atoms with Gasteiger partial charge >= 0.3 is 0 Å². The molecule has 7 aromatic rings. The van der Waals surface area contributed by atoms with Crippen molar-refractivity contribution in [3.05, 3.63) is 168 Å². The summed E-state index contributed by atoms with van der Waals surface area (Å²) in [7, 11) is -3.70. The average Bonchev–Trinajstić information content (AvgIpc) is 1.50. The van der Waals surface area contributed by atoms with Gasteiger partial charge in [0.2, 0.25) is 10.0 Å². The Morgan fingerprint density at radius 3 is 1.60 bits per heavy atom. The van der Waals surface area contributed by atoms with Gasteiger partial charge in [-0.3, -0.25) is 28.8 Å². The Balaban J connectivity index is 0.000000126. The maximum atomic E-state index is 14.8. The molecule has 24 nitrogen and oxygen atoms in total. The molecule has 7 N–H and O–H groups in total. The van der Waals surface area contributed by atoms with Gasteiger partial charge in [-0.25, -0.2) is 23.4 Å². The number of thioether (sulfide) groups is 3. The van der Waals surface area contributed by atoms with Gasteiger partial charge in [-0.05, 0) is 199 Å². The zero-order valence-electron chi connectivity index (χ0n) is 73.2. The first-order valence-electron chi connectivity index (χ1n) is 45.5. The van der Waals surface area contributed by atoms with Crippen LogP contribution in [0.2, 0.25) is 0 Å². The van der Waals surface area contributed by atoms with E-state index >= 15 is 0 Å². The van der Waals surface area contributed by atoms with Crippen molar-refractivity contribution in [3.8, 4) is 28.3 Å². The van der Waals surface area contributed by atoms with Crippen LogP contribution in [0.3, 0.4) is 0 Å². The Morgan fingerprint density at radius 2 is 1.06 bits per heavy atom. The number of aromatic amines is 1. The van der Waals surface area contributed by atoms with Crippen LogP contribution in [-0.2, 0) is 53.0 Å². The van der Waals surface area contributed by atoms with Crippen LogP contribution < -0.4 is 0 Å². The van der Waals surface area contributed by atoms with Gasteiger partial charge in [-0.15, -0.1) is 0 Å². The Morgan fingerprint density at radius 1 is 0.562 bits per heavy atom. The summed E-state index contributed by atoms with van der Waals surface area (Å²) in [6.45, 7) is 15.9. The molecular formula is C100H113N5O19S4. The third-order valence-corrected chi connectivity index (χ3v) is 37.9. The Hall–Kier alpha value is -8.07. The molecule has 21 rings (SSSR count). The molecule has 0 amide bonds. The van der Waals surface area contributed by atoms with E-state index in [2.05, 4.69) is 49.6 Å². The standard InChI is InChI=1S/C40H43NO6S.C32H38N2O8S2.C28H32N2O5S/c1-4-11-33-45-32-21-29-28-17-16-26-20-27(42)18-19-38(26,2)34(28)30(43)22-39(29,3)40(32,47-33)31(44)23-48-37-41-35(24-12-7-5-8-13-24)36(46-37)25-14-9-6-10-15-25;1-30-9-7-20(35)15-19(30)3-5-22-23-8-10-32(38,31(23,2)17-25(36)28(22)30)27(37)18-43-29-33-24-16-21(4-6-26(24)42-29)44(39,40)34-11-13-41-14-12-34;1-26-9-7-17(32)11-15(26)3-5-18-19-8-10-28(35,27(19,2)13-22(33)24(18)26)23(34)14-36-25-29-20-6-4-16(31)12-21(20)30-25/h5-10,12-15,18-20,28-30,32-34,43H,4,11,16-17,21-23H2,1-3H3;4,6-7,9,15-16,22-23,25,28,36,38H,3,5,8,10-14,17-18H2,1-2H3;4,6-7,9,11-12,18-19,22,24,31,33,35H,3,5,8,10,13-14H2,1-2H3,(H,29,30)/t28?,29?,30-,32+,33-,34?,38?,39?,40+;22?,23?,25-,28?,30?,31?,32-;18?,19?,22-,24?,26?,27?,28-/m000/s1. The van der Waals surface area contributed by atoms with Gasteiger partial charge in [0.15, 0.2) is 63.1 Å². The van der Waals surface area contributed by atoms with E-state index in [1.165, 1.54) is 40.0 Å². The van der Waals surface area contributed by atoms with Crippen molar-refractivity contribution < 1.29 is 90.9 Å². The second kappa shape index (κ2) is 33.3. The number of ether oxygens (including phenoxy) is 3. The van der Waals surface area contributed by atoms with Crippen LogP contribution >= 0.6 is 35.3 Å². The molecular weight excluding hydrogens is 1700 g/mol. The number of sulfonamides is 1. The number of phenols is 1. The average molecular weight is 1820 g/mol. The number of carbonyl (C=O) groups excluding carboxylic acids is 6. The van der Waals surface area contributed by atoms with Gasteiger partial charge in [-0.2, -0.15) is 4.31 Å². The zero-order valence-corrected chi connectivity index (χ0v) is 76.5. The lowest BCUT2D eigenvalue weighted by molar-refractivity contribution is -0.197. The first-order chi connectivity index (χ1) is 61.1. The molecule has 0 spiro atoms. The third kappa shape index (κ3) is 14.5. The molecule has 2 aliphatic heterocycles. The van der Waals surface area contributed by atoms with Crippen LogP contribution in [-0.4, -0.2) is 189 Å². The number of nitrogens with one attached hydrogen (secondary N) is 1. The molecule has 5 heterocycles. The van der Waals surface area contributed by atoms with Gasteiger partial charge < -0.3 is 58.7 Å². The summed E-state index contributed by atoms with van der Waals surface area (Å²) < 4.78 is 58.5. The van der Waals surface area contributed by atoms with Crippen LogP contribution in [0, 0.1) is 85.8 Å². The number of aliphatic hydroxyl groups excluding tert-OH is 3. The molecule has 128 heavy (non-hydrogen) atoms. The summed E-state index contributed by atoms with van der Waals surface area (Å²) in [5.41, 5.74) is 0.498. The van der Waals surface area contributed by atoms with E-state index in [0.29, 0.717) is 116 Å². The van der Waals surface area contributed by atoms with E-state index in [9.17, 15) is 67.8 Å². The number of nitrogens with zero attached hydrogens (tertiary/aromatic N) is 4. The Labute approximate surface area is 757 Å². The highest BCUT2D eigenvalue weighted by Gasteiger charge is 2.77. The number of H-pyrrole nitrogens is 1. The van der Waals surface area contributed by atoms with E-state index < -0.39 is 73.1 Å².